The predicted molar refractivity (Wildman–Crippen MR) is 68.2 cm³/mol. The van der Waals surface area contributed by atoms with Gasteiger partial charge < -0.3 is 19.9 Å². The van der Waals surface area contributed by atoms with Gasteiger partial charge in [-0.05, 0) is 19.1 Å². The molecule has 0 fully saturated rings. The lowest BCUT2D eigenvalue weighted by atomic mass is 10.1. The summed E-state index contributed by atoms with van der Waals surface area (Å²) in [4.78, 5) is 22.9. The normalized spacial score (nSPS) is 9.79. The maximum Gasteiger partial charge on any atom is 0.307 e. The van der Waals surface area contributed by atoms with Gasteiger partial charge in [0, 0.05) is 6.54 Å². The molecule has 0 heterocycles. The zero-order valence-corrected chi connectivity index (χ0v) is 10.9. The molecule has 0 saturated heterocycles. The van der Waals surface area contributed by atoms with Crippen LogP contribution in [0.15, 0.2) is 18.2 Å². The van der Waals surface area contributed by atoms with Crippen LogP contribution in [0.4, 0.5) is 0 Å². The Balaban J connectivity index is 2.57. The summed E-state index contributed by atoms with van der Waals surface area (Å²) in [6, 6.07) is 4.61. The van der Waals surface area contributed by atoms with Gasteiger partial charge in [-0.3, -0.25) is 9.59 Å². The van der Waals surface area contributed by atoms with E-state index in [0.717, 1.165) is 0 Å². The van der Waals surface area contributed by atoms with E-state index >= 15 is 0 Å². The van der Waals surface area contributed by atoms with E-state index in [4.69, 9.17) is 9.47 Å². The molecule has 0 unspecified atom stereocenters. The van der Waals surface area contributed by atoms with E-state index in [2.05, 4.69) is 5.32 Å². The van der Waals surface area contributed by atoms with Crippen LogP contribution in [0.5, 0.6) is 11.5 Å². The smallest absolute Gasteiger partial charge is 0.307 e. The highest BCUT2D eigenvalue weighted by Crippen LogP contribution is 2.29. The number of rotatable bonds is 6. The summed E-state index contributed by atoms with van der Waals surface area (Å²) in [6.07, 6.45) is 0.0876. The Kier molecular flexibility index (Phi) is 5.66. The average Bonchev–Trinajstić information content (AvgIpc) is 2.39. The number of para-hydroxylation sites is 1. The molecular formula is C13H17NO5. The summed E-state index contributed by atoms with van der Waals surface area (Å²) >= 11 is 0. The van der Waals surface area contributed by atoms with Crippen molar-refractivity contribution in [2.45, 2.75) is 13.3 Å². The van der Waals surface area contributed by atoms with Crippen molar-refractivity contribution >= 4 is 11.9 Å². The van der Waals surface area contributed by atoms with Crippen molar-refractivity contribution in [3.8, 4) is 11.5 Å². The van der Waals surface area contributed by atoms with Crippen molar-refractivity contribution in [3.63, 3.8) is 0 Å². The molecule has 1 amide bonds. The summed E-state index contributed by atoms with van der Waals surface area (Å²) in [6.45, 7) is 2.17. The minimum atomic E-state index is -0.472. The fourth-order valence-corrected chi connectivity index (χ4v) is 1.48. The number of carbonyl (C=O) groups excluding carboxylic acids is 2. The summed E-state index contributed by atoms with van der Waals surface area (Å²) in [7, 11) is 1.40. The Labute approximate surface area is 111 Å². The van der Waals surface area contributed by atoms with E-state index in [-0.39, 0.29) is 36.0 Å². The van der Waals surface area contributed by atoms with Gasteiger partial charge in [-0.15, -0.1) is 0 Å². The molecule has 0 aliphatic heterocycles. The van der Waals surface area contributed by atoms with Crippen molar-refractivity contribution in [2.24, 2.45) is 0 Å². The Morgan fingerprint density at radius 3 is 2.74 bits per heavy atom. The van der Waals surface area contributed by atoms with Crippen LogP contribution in [0.3, 0.4) is 0 Å². The second kappa shape index (κ2) is 7.25. The summed E-state index contributed by atoms with van der Waals surface area (Å²) in [5, 5.41) is 12.3. The highest BCUT2D eigenvalue weighted by Gasteiger charge is 2.14. The minimum Gasteiger partial charge on any atom is -0.504 e. The quantitative estimate of drug-likeness (QED) is 0.753. The Morgan fingerprint density at radius 1 is 1.37 bits per heavy atom. The summed E-state index contributed by atoms with van der Waals surface area (Å²) < 4.78 is 9.64. The first kappa shape index (κ1) is 14.8. The fraction of sp³-hybridized carbons (Fsp3) is 0.385. The number of amides is 1. The number of benzene rings is 1. The van der Waals surface area contributed by atoms with Gasteiger partial charge in [0.2, 0.25) is 0 Å². The van der Waals surface area contributed by atoms with Crippen LogP contribution in [-0.4, -0.2) is 37.2 Å². The van der Waals surface area contributed by atoms with Gasteiger partial charge in [-0.2, -0.15) is 0 Å². The number of carbonyl (C=O) groups is 2. The second-order valence-corrected chi connectivity index (χ2v) is 3.67. The number of phenols is 1. The lowest BCUT2D eigenvalue weighted by molar-refractivity contribution is -0.142. The molecule has 19 heavy (non-hydrogen) atoms. The summed E-state index contributed by atoms with van der Waals surface area (Å²) in [5.41, 5.74) is 0.100. The second-order valence-electron chi connectivity index (χ2n) is 3.67. The van der Waals surface area contributed by atoms with Crippen LogP contribution in [0.25, 0.3) is 0 Å². The predicted octanol–water partition coefficient (Wildman–Crippen LogP) is 1.08. The number of nitrogens with one attached hydrogen (secondary N) is 1. The van der Waals surface area contributed by atoms with Gasteiger partial charge in [-0.1, -0.05) is 6.07 Å². The van der Waals surface area contributed by atoms with Crippen molar-refractivity contribution in [1.29, 1.82) is 0 Å². The molecule has 2 N–H and O–H groups in total. The Hall–Kier alpha value is -2.24. The maximum atomic E-state index is 11.8. The largest absolute Gasteiger partial charge is 0.504 e. The number of hydrogen-bond acceptors (Lipinski definition) is 5. The molecule has 6 nitrogen and oxygen atoms in total. The van der Waals surface area contributed by atoms with E-state index in [0.29, 0.717) is 6.61 Å². The Bertz CT molecular complexity index is 458. The first-order valence-corrected chi connectivity index (χ1v) is 5.90. The minimum absolute atomic E-state index is 0.0876. The number of phenolic OH excluding ortho intramolecular Hbond substituents is 1. The van der Waals surface area contributed by atoms with Gasteiger partial charge in [0.1, 0.15) is 0 Å². The van der Waals surface area contributed by atoms with Crippen molar-refractivity contribution in [2.75, 3.05) is 20.3 Å². The number of methoxy groups -OCH3 is 1. The van der Waals surface area contributed by atoms with E-state index in [9.17, 15) is 14.7 Å². The first-order valence-electron chi connectivity index (χ1n) is 5.90. The standard InChI is InChI=1S/C13H17NO5/c1-3-19-11(15)7-8-14-13(17)9-5-4-6-10(18-2)12(9)16/h4-6,16H,3,7-8H2,1-2H3,(H,14,17). The molecule has 0 atom stereocenters. The molecule has 1 rings (SSSR count). The monoisotopic (exact) mass is 267 g/mol. The van der Waals surface area contributed by atoms with Crippen molar-refractivity contribution in [1.82, 2.24) is 5.32 Å². The van der Waals surface area contributed by atoms with Crippen LogP contribution in [0, 0.1) is 0 Å². The molecule has 1 aromatic rings. The molecule has 0 bridgehead atoms. The highest BCUT2D eigenvalue weighted by atomic mass is 16.5. The SMILES string of the molecule is CCOC(=O)CCNC(=O)c1cccc(OC)c1O. The number of ether oxygens (including phenoxy) is 2. The molecule has 0 spiro atoms. The number of aromatic hydroxyl groups is 1. The average molecular weight is 267 g/mol. The zero-order chi connectivity index (χ0) is 14.3. The van der Waals surface area contributed by atoms with Crippen LogP contribution < -0.4 is 10.1 Å². The van der Waals surface area contributed by atoms with E-state index in [1.54, 1.807) is 19.1 Å². The molecule has 104 valence electrons. The van der Waals surface area contributed by atoms with Crippen LogP contribution in [0.2, 0.25) is 0 Å². The molecule has 0 radical (unpaired) electrons. The van der Waals surface area contributed by atoms with Gasteiger partial charge in [0.15, 0.2) is 11.5 Å². The van der Waals surface area contributed by atoms with Gasteiger partial charge >= 0.3 is 5.97 Å². The topological polar surface area (TPSA) is 84.9 Å². The summed E-state index contributed by atoms with van der Waals surface area (Å²) in [5.74, 6) is -0.852. The highest BCUT2D eigenvalue weighted by molar-refractivity contribution is 5.97. The molecule has 1 aromatic carbocycles. The van der Waals surface area contributed by atoms with E-state index in [1.807, 2.05) is 0 Å². The van der Waals surface area contributed by atoms with Crippen LogP contribution in [-0.2, 0) is 9.53 Å². The number of esters is 1. The Morgan fingerprint density at radius 2 is 2.11 bits per heavy atom. The third kappa shape index (κ3) is 4.17. The van der Waals surface area contributed by atoms with E-state index < -0.39 is 5.91 Å². The van der Waals surface area contributed by atoms with Gasteiger partial charge in [0.05, 0.1) is 25.7 Å². The molecule has 0 aliphatic rings. The molecule has 0 aliphatic carbocycles. The zero-order valence-electron chi connectivity index (χ0n) is 10.9. The van der Waals surface area contributed by atoms with E-state index in [1.165, 1.54) is 13.2 Å². The molecule has 0 saturated carbocycles. The molecule has 6 heteroatoms. The van der Waals surface area contributed by atoms with Gasteiger partial charge in [0.25, 0.3) is 5.91 Å². The lowest BCUT2D eigenvalue weighted by Crippen LogP contribution is -2.26. The van der Waals surface area contributed by atoms with Crippen LogP contribution in [0.1, 0.15) is 23.7 Å². The maximum absolute atomic E-state index is 11.8. The third-order valence-electron chi connectivity index (χ3n) is 2.38. The lowest BCUT2D eigenvalue weighted by Gasteiger charge is -2.09. The molecular weight excluding hydrogens is 250 g/mol. The van der Waals surface area contributed by atoms with Crippen molar-refractivity contribution < 1.29 is 24.2 Å². The molecule has 0 aromatic heterocycles. The van der Waals surface area contributed by atoms with Gasteiger partial charge in [-0.25, -0.2) is 0 Å². The van der Waals surface area contributed by atoms with Crippen LogP contribution >= 0.6 is 0 Å². The fourth-order valence-electron chi connectivity index (χ4n) is 1.48. The number of hydrogen-bond donors (Lipinski definition) is 2. The first-order chi connectivity index (χ1) is 9.10. The third-order valence-corrected chi connectivity index (χ3v) is 2.38. The van der Waals surface area contributed by atoms with Crippen molar-refractivity contribution in [3.05, 3.63) is 23.8 Å².